The predicted molar refractivity (Wildman–Crippen MR) is 68.1 cm³/mol. The van der Waals surface area contributed by atoms with Gasteiger partial charge >= 0.3 is 0 Å². The molecule has 0 saturated carbocycles. The van der Waals surface area contributed by atoms with Gasteiger partial charge in [-0.3, -0.25) is 4.98 Å². The summed E-state index contributed by atoms with van der Waals surface area (Å²) in [5, 5.41) is 1.03. The number of pyridine rings is 1. The van der Waals surface area contributed by atoms with E-state index < -0.39 is 0 Å². The minimum absolute atomic E-state index is 0.655. The van der Waals surface area contributed by atoms with Crippen LogP contribution in [0.3, 0.4) is 0 Å². The second-order valence-corrected chi connectivity index (χ2v) is 3.66. The molecule has 2 rings (SSSR count). The molecule has 0 radical (unpaired) electrons. The number of anilines is 2. The van der Waals surface area contributed by atoms with Crippen LogP contribution >= 0.6 is 0 Å². The molecule has 0 spiro atoms. The van der Waals surface area contributed by atoms with Crippen molar-refractivity contribution in [3.63, 3.8) is 0 Å². The van der Waals surface area contributed by atoms with Crippen LogP contribution in [0.15, 0.2) is 30.5 Å². The van der Waals surface area contributed by atoms with Crippen molar-refractivity contribution in [3.05, 3.63) is 30.5 Å². The highest BCUT2D eigenvalue weighted by atomic mass is 15.4. The Morgan fingerprint density at radius 3 is 2.94 bits per heavy atom. The Balaban J connectivity index is 2.37. The van der Waals surface area contributed by atoms with Gasteiger partial charge in [0.2, 0.25) is 0 Å². The molecule has 0 unspecified atom stereocenters. The van der Waals surface area contributed by atoms with E-state index in [1.54, 1.807) is 6.20 Å². The van der Waals surface area contributed by atoms with Crippen LogP contribution in [0.1, 0.15) is 13.3 Å². The molecule has 1 aromatic heterocycles. The molecule has 0 amide bonds. The molecule has 2 aromatic rings. The van der Waals surface area contributed by atoms with E-state index in [1.807, 2.05) is 24.3 Å². The fourth-order valence-corrected chi connectivity index (χ4v) is 1.57. The average Bonchev–Trinajstić information content (AvgIpc) is 2.32. The minimum Gasteiger partial charge on any atom is -0.396 e. The van der Waals surface area contributed by atoms with Gasteiger partial charge in [-0.25, -0.2) is 5.43 Å². The van der Waals surface area contributed by atoms with Gasteiger partial charge in [0.05, 0.1) is 23.1 Å². The molecule has 0 aliphatic carbocycles. The van der Waals surface area contributed by atoms with E-state index in [0.717, 1.165) is 29.6 Å². The first-order valence-corrected chi connectivity index (χ1v) is 5.45. The van der Waals surface area contributed by atoms with E-state index in [2.05, 4.69) is 22.8 Å². The molecular weight excluding hydrogens is 200 g/mol. The topological polar surface area (TPSA) is 63.0 Å². The van der Waals surface area contributed by atoms with Crippen LogP contribution in [0, 0.1) is 0 Å². The number of benzene rings is 1. The van der Waals surface area contributed by atoms with Crippen LogP contribution in [0.5, 0.6) is 0 Å². The summed E-state index contributed by atoms with van der Waals surface area (Å²) in [6, 6.07) is 7.93. The molecule has 0 atom stereocenters. The molecule has 1 heterocycles. The molecule has 4 nitrogen and oxygen atoms in total. The highest BCUT2D eigenvalue weighted by molar-refractivity contribution is 5.96. The third-order valence-electron chi connectivity index (χ3n) is 2.39. The maximum absolute atomic E-state index is 5.90. The third-order valence-corrected chi connectivity index (χ3v) is 2.39. The van der Waals surface area contributed by atoms with Gasteiger partial charge in [0.25, 0.3) is 0 Å². The number of hydrazine groups is 1. The van der Waals surface area contributed by atoms with Crippen LogP contribution < -0.4 is 16.6 Å². The molecular formula is C12H16N4. The van der Waals surface area contributed by atoms with Gasteiger partial charge < -0.3 is 11.2 Å². The smallest absolute Gasteiger partial charge is 0.0829 e. The summed E-state index contributed by atoms with van der Waals surface area (Å²) >= 11 is 0. The molecule has 0 aliphatic rings. The van der Waals surface area contributed by atoms with Crippen LogP contribution in [-0.2, 0) is 0 Å². The highest BCUT2D eigenvalue weighted by Crippen LogP contribution is 2.26. The van der Waals surface area contributed by atoms with Gasteiger partial charge in [-0.05, 0) is 12.5 Å². The van der Waals surface area contributed by atoms with E-state index in [1.165, 1.54) is 0 Å². The Hall–Kier alpha value is -1.81. The number of nitrogen functional groups attached to an aromatic ring is 1. The Morgan fingerprint density at radius 2 is 2.12 bits per heavy atom. The molecule has 0 bridgehead atoms. The van der Waals surface area contributed by atoms with Crippen molar-refractivity contribution in [3.8, 4) is 0 Å². The monoisotopic (exact) mass is 216 g/mol. The van der Waals surface area contributed by atoms with Crippen molar-refractivity contribution < 1.29 is 0 Å². The number of nitrogens with zero attached hydrogens (tertiary/aromatic N) is 1. The summed E-state index contributed by atoms with van der Waals surface area (Å²) in [7, 11) is 0. The first-order valence-electron chi connectivity index (χ1n) is 5.45. The number of hydrogen-bond acceptors (Lipinski definition) is 4. The summed E-state index contributed by atoms with van der Waals surface area (Å²) in [6.45, 7) is 3.01. The number of aromatic nitrogens is 1. The largest absolute Gasteiger partial charge is 0.396 e. The molecule has 0 saturated heterocycles. The maximum Gasteiger partial charge on any atom is 0.0829 e. The first-order chi connectivity index (χ1) is 7.83. The van der Waals surface area contributed by atoms with E-state index in [-0.39, 0.29) is 0 Å². The second kappa shape index (κ2) is 4.81. The Bertz CT molecular complexity index is 481. The lowest BCUT2D eigenvalue weighted by atomic mass is 10.2. The van der Waals surface area contributed by atoms with Gasteiger partial charge in [0.15, 0.2) is 0 Å². The number of para-hydroxylation sites is 1. The number of nitrogens with two attached hydrogens (primary N) is 1. The van der Waals surface area contributed by atoms with Crippen molar-refractivity contribution in [2.24, 2.45) is 0 Å². The van der Waals surface area contributed by atoms with Crippen LogP contribution in [0.4, 0.5) is 11.4 Å². The van der Waals surface area contributed by atoms with Gasteiger partial charge in [-0.1, -0.05) is 25.1 Å². The normalized spacial score (nSPS) is 10.6. The number of hydrogen-bond donors (Lipinski definition) is 3. The predicted octanol–water partition coefficient (Wildman–Crippen LogP) is 2.14. The third kappa shape index (κ3) is 2.06. The molecule has 84 valence electrons. The fraction of sp³-hybridized carbons (Fsp3) is 0.250. The van der Waals surface area contributed by atoms with Gasteiger partial charge in [0.1, 0.15) is 0 Å². The quantitative estimate of drug-likeness (QED) is 0.541. The molecule has 0 fully saturated rings. The molecule has 16 heavy (non-hydrogen) atoms. The minimum atomic E-state index is 0.655. The second-order valence-electron chi connectivity index (χ2n) is 3.66. The summed E-state index contributed by atoms with van der Waals surface area (Å²) in [5.41, 5.74) is 14.7. The highest BCUT2D eigenvalue weighted by Gasteiger charge is 2.04. The van der Waals surface area contributed by atoms with Crippen LogP contribution in [0.25, 0.3) is 10.9 Å². The van der Waals surface area contributed by atoms with Crippen molar-refractivity contribution >= 4 is 22.3 Å². The van der Waals surface area contributed by atoms with Gasteiger partial charge in [0, 0.05) is 11.9 Å². The van der Waals surface area contributed by atoms with Crippen molar-refractivity contribution in [1.82, 2.24) is 10.4 Å². The summed E-state index contributed by atoms with van der Waals surface area (Å²) in [4.78, 5) is 4.28. The molecule has 1 aromatic carbocycles. The Labute approximate surface area is 94.8 Å². The zero-order chi connectivity index (χ0) is 11.4. The zero-order valence-corrected chi connectivity index (χ0v) is 9.33. The Morgan fingerprint density at radius 1 is 1.31 bits per heavy atom. The van der Waals surface area contributed by atoms with E-state index in [0.29, 0.717) is 5.69 Å². The van der Waals surface area contributed by atoms with Crippen molar-refractivity contribution in [1.29, 1.82) is 0 Å². The van der Waals surface area contributed by atoms with E-state index >= 15 is 0 Å². The summed E-state index contributed by atoms with van der Waals surface area (Å²) < 4.78 is 0. The Kier molecular flexibility index (Phi) is 3.22. The average molecular weight is 216 g/mol. The standard InChI is InChI=1S/C12H16N4/c1-2-7-15-16-12-9-5-3-4-6-11(9)14-8-10(12)13/h3-6,8,15H,2,7,13H2,1H3,(H,14,16). The first kappa shape index (κ1) is 10.7. The van der Waals surface area contributed by atoms with Gasteiger partial charge in [-0.15, -0.1) is 0 Å². The number of rotatable bonds is 4. The molecule has 4 heteroatoms. The van der Waals surface area contributed by atoms with Crippen LogP contribution in [-0.4, -0.2) is 11.5 Å². The number of fused-ring (bicyclic) bond motifs is 1. The lowest BCUT2D eigenvalue weighted by molar-refractivity contribution is 0.762. The fourth-order valence-electron chi connectivity index (χ4n) is 1.57. The zero-order valence-electron chi connectivity index (χ0n) is 9.33. The summed E-state index contributed by atoms with van der Waals surface area (Å²) in [6.07, 6.45) is 2.74. The number of nitrogens with one attached hydrogen (secondary N) is 2. The summed E-state index contributed by atoms with van der Waals surface area (Å²) in [5.74, 6) is 0. The maximum atomic E-state index is 5.90. The lowest BCUT2D eigenvalue weighted by Crippen LogP contribution is -2.23. The van der Waals surface area contributed by atoms with E-state index in [4.69, 9.17) is 5.73 Å². The SMILES string of the molecule is CCCNNc1c(N)cnc2ccccc12. The molecule has 0 aliphatic heterocycles. The lowest BCUT2D eigenvalue weighted by Gasteiger charge is -2.12. The van der Waals surface area contributed by atoms with Gasteiger partial charge in [-0.2, -0.15) is 0 Å². The van der Waals surface area contributed by atoms with Crippen molar-refractivity contribution in [2.75, 3.05) is 17.7 Å². The molecule has 4 N–H and O–H groups in total. The van der Waals surface area contributed by atoms with Crippen molar-refractivity contribution in [2.45, 2.75) is 13.3 Å². The van der Waals surface area contributed by atoms with Crippen LogP contribution in [0.2, 0.25) is 0 Å². The van der Waals surface area contributed by atoms with E-state index in [9.17, 15) is 0 Å².